The Kier molecular flexibility index (Phi) is 8.81. The Morgan fingerprint density at radius 1 is 1.17 bits per heavy atom. The van der Waals surface area contributed by atoms with Crippen LogP contribution in [0.1, 0.15) is 50.7 Å². The summed E-state index contributed by atoms with van der Waals surface area (Å²) >= 11 is 0. The van der Waals surface area contributed by atoms with Gasteiger partial charge in [0, 0.05) is 0 Å². The van der Waals surface area contributed by atoms with Crippen LogP contribution in [0.15, 0.2) is 30.4 Å². The number of carbonyl (C=O) groups excluding carboxylic acids is 1. The minimum Gasteiger partial charge on any atom is -0.493 e. The van der Waals surface area contributed by atoms with Crippen molar-refractivity contribution in [3.05, 3.63) is 41.5 Å². The fourth-order valence-electron chi connectivity index (χ4n) is 2.33. The standard InChI is InChI=1S/C20H28O3/c1-5-7-8-9-10-11-18(21)13-12-17-14-16(3)20(22-4)19(15-17)23-6-2/h10-15H,5-9H2,1-4H3/b11-10-,13-12+. The summed E-state index contributed by atoms with van der Waals surface area (Å²) in [5.74, 6) is 1.45. The summed E-state index contributed by atoms with van der Waals surface area (Å²) in [4.78, 5) is 11.8. The van der Waals surface area contributed by atoms with Crippen molar-refractivity contribution in [1.29, 1.82) is 0 Å². The molecule has 126 valence electrons. The van der Waals surface area contributed by atoms with E-state index in [1.165, 1.54) is 12.8 Å². The fourth-order valence-corrected chi connectivity index (χ4v) is 2.33. The quantitative estimate of drug-likeness (QED) is 0.444. The normalized spacial score (nSPS) is 11.3. The number of methoxy groups -OCH3 is 1. The zero-order valence-corrected chi connectivity index (χ0v) is 14.7. The van der Waals surface area contributed by atoms with Crippen LogP contribution in [0.25, 0.3) is 6.08 Å². The molecule has 0 fully saturated rings. The molecule has 0 heterocycles. The molecule has 0 bridgehead atoms. The molecule has 0 aliphatic carbocycles. The molecule has 1 aromatic carbocycles. The summed E-state index contributed by atoms with van der Waals surface area (Å²) in [5.41, 5.74) is 1.92. The molecule has 0 radical (unpaired) electrons. The SMILES string of the molecule is CCCCC/C=C\C(=O)/C=C/c1cc(C)c(OC)c(OCC)c1. The molecule has 0 N–H and O–H groups in total. The van der Waals surface area contributed by atoms with E-state index in [-0.39, 0.29) is 5.78 Å². The Morgan fingerprint density at radius 3 is 2.61 bits per heavy atom. The van der Waals surface area contributed by atoms with Crippen molar-refractivity contribution in [3.63, 3.8) is 0 Å². The Labute approximate surface area is 140 Å². The molecule has 0 aliphatic rings. The van der Waals surface area contributed by atoms with Crippen LogP contribution < -0.4 is 9.47 Å². The molecule has 0 spiro atoms. The van der Waals surface area contributed by atoms with Gasteiger partial charge in [-0.15, -0.1) is 0 Å². The molecule has 0 unspecified atom stereocenters. The third-order valence-electron chi connectivity index (χ3n) is 3.46. The monoisotopic (exact) mass is 316 g/mol. The molecular weight excluding hydrogens is 288 g/mol. The first-order valence-electron chi connectivity index (χ1n) is 8.32. The molecule has 1 rings (SSSR count). The van der Waals surface area contributed by atoms with Crippen molar-refractivity contribution < 1.29 is 14.3 Å². The summed E-state index contributed by atoms with van der Waals surface area (Å²) in [6.07, 6.45) is 11.5. The smallest absolute Gasteiger partial charge is 0.178 e. The Bertz CT molecular complexity index is 556. The first-order chi connectivity index (χ1) is 11.1. The number of carbonyl (C=O) groups is 1. The fraction of sp³-hybridized carbons (Fsp3) is 0.450. The lowest BCUT2D eigenvalue weighted by molar-refractivity contribution is -0.110. The van der Waals surface area contributed by atoms with Gasteiger partial charge in [0.25, 0.3) is 0 Å². The van der Waals surface area contributed by atoms with E-state index in [0.29, 0.717) is 12.4 Å². The van der Waals surface area contributed by atoms with Crippen LogP contribution >= 0.6 is 0 Å². The van der Waals surface area contributed by atoms with E-state index in [9.17, 15) is 4.79 Å². The minimum atomic E-state index is 0.00734. The van der Waals surface area contributed by atoms with Crippen molar-refractivity contribution in [2.75, 3.05) is 13.7 Å². The first-order valence-corrected chi connectivity index (χ1v) is 8.32. The summed E-state index contributed by atoms with van der Waals surface area (Å²) in [7, 11) is 1.63. The second-order valence-electron chi connectivity index (χ2n) is 5.44. The third kappa shape index (κ3) is 6.72. The van der Waals surface area contributed by atoms with Gasteiger partial charge < -0.3 is 9.47 Å². The lowest BCUT2D eigenvalue weighted by Crippen LogP contribution is -1.98. The predicted octanol–water partition coefficient (Wildman–Crippen LogP) is 5.12. The number of aryl methyl sites for hydroxylation is 1. The number of unbranched alkanes of at least 4 members (excludes halogenated alkanes) is 3. The highest BCUT2D eigenvalue weighted by Crippen LogP contribution is 2.32. The molecule has 0 saturated carbocycles. The number of ether oxygens (including phenoxy) is 2. The summed E-state index contributed by atoms with van der Waals surface area (Å²) in [5, 5.41) is 0. The van der Waals surface area contributed by atoms with Crippen LogP contribution in [0.3, 0.4) is 0 Å². The van der Waals surface area contributed by atoms with Crippen molar-refractivity contribution in [2.45, 2.75) is 46.5 Å². The maximum Gasteiger partial charge on any atom is 0.178 e. The lowest BCUT2D eigenvalue weighted by Gasteiger charge is -2.12. The Morgan fingerprint density at radius 2 is 1.96 bits per heavy atom. The van der Waals surface area contributed by atoms with Crippen LogP contribution in [-0.4, -0.2) is 19.5 Å². The maximum absolute atomic E-state index is 11.8. The average Bonchev–Trinajstić information content (AvgIpc) is 2.53. The number of hydrogen-bond acceptors (Lipinski definition) is 3. The van der Waals surface area contributed by atoms with Gasteiger partial charge in [0.2, 0.25) is 0 Å². The Hall–Kier alpha value is -2.03. The largest absolute Gasteiger partial charge is 0.493 e. The van der Waals surface area contributed by atoms with Gasteiger partial charge in [-0.2, -0.15) is 0 Å². The molecule has 23 heavy (non-hydrogen) atoms. The summed E-state index contributed by atoms with van der Waals surface area (Å²) in [6, 6.07) is 3.88. The first kappa shape index (κ1) is 19.0. The van der Waals surface area contributed by atoms with Crippen LogP contribution in [0.2, 0.25) is 0 Å². The second-order valence-corrected chi connectivity index (χ2v) is 5.44. The Balaban J connectivity index is 2.74. The van der Waals surface area contributed by atoms with E-state index in [1.54, 1.807) is 19.3 Å². The topological polar surface area (TPSA) is 35.5 Å². The van der Waals surface area contributed by atoms with E-state index >= 15 is 0 Å². The highest BCUT2D eigenvalue weighted by molar-refractivity contribution is 6.02. The van der Waals surface area contributed by atoms with Crippen molar-refractivity contribution in [2.24, 2.45) is 0 Å². The van der Waals surface area contributed by atoms with Crippen molar-refractivity contribution in [1.82, 2.24) is 0 Å². The van der Waals surface area contributed by atoms with Crippen molar-refractivity contribution >= 4 is 11.9 Å². The molecule has 0 atom stereocenters. The van der Waals surface area contributed by atoms with Crippen LogP contribution in [0, 0.1) is 6.92 Å². The number of ketones is 1. The van der Waals surface area contributed by atoms with Gasteiger partial charge in [-0.25, -0.2) is 0 Å². The van der Waals surface area contributed by atoms with Gasteiger partial charge in [0.1, 0.15) is 0 Å². The number of hydrogen-bond donors (Lipinski definition) is 0. The van der Waals surface area contributed by atoms with E-state index in [0.717, 1.165) is 29.7 Å². The average molecular weight is 316 g/mol. The van der Waals surface area contributed by atoms with Crippen LogP contribution in [0.4, 0.5) is 0 Å². The van der Waals surface area contributed by atoms with Gasteiger partial charge in [-0.1, -0.05) is 31.9 Å². The summed E-state index contributed by atoms with van der Waals surface area (Å²) in [6.45, 7) is 6.64. The van der Waals surface area contributed by atoms with Crippen molar-refractivity contribution in [3.8, 4) is 11.5 Å². The molecule has 3 heteroatoms. The maximum atomic E-state index is 11.8. The highest BCUT2D eigenvalue weighted by Gasteiger charge is 2.08. The van der Waals surface area contributed by atoms with E-state index in [2.05, 4.69) is 6.92 Å². The highest BCUT2D eigenvalue weighted by atomic mass is 16.5. The zero-order chi connectivity index (χ0) is 17.1. The van der Waals surface area contributed by atoms with Gasteiger partial charge in [-0.3, -0.25) is 4.79 Å². The second kappa shape index (κ2) is 10.7. The molecule has 0 amide bonds. The molecule has 3 nitrogen and oxygen atoms in total. The molecule has 1 aromatic rings. The molecular formula is C20H28O3. The van der Waals surface area contributed by atoms with Gasteiger partial charge in [0.15, 0.2) is 17.3 Å². The van der Waals surface area contributed by atoms with Gasteiger partial charge in [0.05, 0.1) is 13.7 Å². The minimum absolute atomic E-state index is 0.00734. The van der Waals surface area contributed by atoms with Gasteiger partial charge in [-0.05, 0) is 62.1 Å². The van der Waals surface area contributed by atoms with E-state index in [4.69, 9.17) is 9.47 Å². The molecule has 0 aromatic heterocycles. The summed E-state index contributed by atoms with van der Waals surface area (Å²) < 4.78 is 11.0. The van der Waals surface area contributed by atoms with E-state index < -0.39 is 0 Å². The molecule has 0 aliphatic heterocycles. The van der Waals surface area contributed by atoms with Crippen LogP contribution in [-0.2, 0) is 4.79 Å². The number of benzene rings is 1. The third-order valence-corrected chi connectivity index (χ3v) is 3.46. The predicted molar refractivity (Wildman–Crippen MR) is 96.2 cm³/mol. The van der Waals surface area contributed by atoms with Gasteiger partial charge >= 0.3 is 0 Å². The molecule has 0 saturated heterocycles. The zero-order valence-electron chi connectivity index (χ0n) is 14.7. The lowest BCUT2D eigenvalue weighted by atomic mass is 10.1. The number of rotatable bonds is 10. The van der Waals surface area contributed by atoms with E-state index in [1.807, 2.05) is 38.1 Å². The van der Waals surface area contributed by atoms with Crippen LogP contribution in [0.5, 0.6) is 11.5 Å². The number of allylic oxidation sites excluding steroid dienone is 3.